The molecule has 1 aliphatic heterocycles. The van der Waals surface area contributed by atoms with Gasteiger partial charge in [0, 0.05) is 58.3 Å². The van der Waals surface area contributed by atoms with Crippen molar-refractivity contribution in [1.82, 2.24) is 20.0 Å². The maximum atomic E-state index is 13.1. The van der Waals surface area contributed by atoms with Crippen LogP contribution in [-0.4, -0.2) is 46.9 Å². The topological polar surface area (TPSA) is 54.7 Å². The number of likely N-dealkylation sites (tertiary alicyclic amines) is 1. The summed E-state index contributed by atoms with van der Waals surface area (Å²) in [6.45, 7) is 1.45. The number of aromatic nitrogens is 2. The highest BCUT2D eigenvalue weighted by Gasteiger charge is 2.37. The average Bonchev–Trinajstić information content (AvgIpc) is 3.05. The fourth-order valence-electron chi connectivity index (χ4n) is 3.29. The summed E-state index contributed by atoms with van der Waals surface area (Å²) < 4.78 is 46.4. The number of piperidine rings is 1. The van der Waals surface area contributed by atoms with Gasteiger partial charge < -0.3 is 15.0 Å². The van der Waals surface area contributed by atoms with Crippen LogP contribution in [0.5, 0.6) is 5.75 Å². The van der Waals surface area contributed by atoms with E-state index in [2.05, 4.69) is 15.4 Å². The number of benzene rings is 1. The van der Waals surface area contributed by atoms with Gasteiger partial charge in [-0.2, -0.15) is 18.3 Å². The van der Waals surface area contributed by atoms with Crippen molar-refractivity contribution in [1.29, 1.82) is 0 Å². The summed E-state index contributed by atoms with van der Waals surface area (Å²) in [4.78, 5) is 6.25. The summed E-state index contributed by atoms with van der Waals surface area (Å²) in [6, 6.07) is 9.67. The van der Waals surface area contributed by atoms with E-state index in [0.29, 0.717) is 5.96 Å². The summed E-state index contributed by atoms with van der Waals surface area (Å²) in [5.41, 5.74) is -0.772. The fourth-order valence-corrected chi connectivity index (χ4v) is 3.29. The summed E-state index contributed by atoms with van der Waals surface area (Å²) in [5.74, 6) is 1.43. The average molecular weight is 395 g/mol. The molecule has 1 aliphatic rings. The number of rotatable bonds is 4. The second-order valence-electron chi connectivity index (χ2n) is 6.69. The monoisotopic (exact) mass is 395 g/mol. The molecule has 1 aromatic carbocycles. The van der Waals surface area contributed by atoms with Crippen molar-refractivity contribution in [2.24, 2.45) is 12.0 Å². The van der Waals surface area contributed by atoms with Gasteiger partial charge in [0.05, 0.1) is 0 Å². The van der Waals surface area contributed by atoms with Crippen LogP contribution < -0.4 is 10.1 Å². The Labute approximate surface area is 162 Å². The van der Waals surface area contributed by atoms with Crippen LogP contribution in [0.3, 0.4) is 0 Å². The molecule has 9 heteroatoms. The maximum Gasteiger partial charge on any atom is 0.435 e. The highest BCUT2D eigenvalue weighted by Crippen LogP contribution is 2.30. The van der Waals surface area contributed by atoms with E-state index in [1.807, 2.05) is 35.2 Å². The predicted molar refractivity (Wildman–Crippen MR) is 100 cm³/mol. The van der Waals surface area contributed by atoms with Crippen molar-refractivity contribution >= 4 is 5.96 Å². The Morgan fingerprint density at radius 1 is 1.25 bits per heavy atom. The van der Waals surface area contributed by atoms with Gasteiger partial charge in [-0.25, -0.2) is 0 Å². The van der Waals surface area contributed by atoms with Crippen LogP contribution in [0.4, 0.5) is 13.2 Å². The van der Waals surface area contributed by atoms with Crippen molar-refractivity contribution in [3.63, 3.8) is 0 Å². The van der Waals surface area contributed by atoms with Gasteiger partial charge >= 0.3 is 6.18 Å². The van der Waals surface area contributed by atoms with E-state index < -0.39 is 11.9 Å². The van der Waals surface area contributed by atoms with Crippen LogP contribution in [0.25, 0.3) is 0 Å². The molecule has 1 aromatic heterocycles. The highest BCUT2D eigenvalue weighted by molar-refractivity contribution is 5.80. The van der Waals surface area contributed by atoms with Crippen molar-refractivity contribution in [2.75, 3.05) is 20.1 Å². The molecule has 152 valence electrons. The molecule has 1 saturated heterocycles. The Kier molecular flexibility index (Phi) is 6.11. The van der Waals surface area contributed by atoms with E-state index in [4.69, 9.17) is 4.74 Å². The largest absolute Gasteiger partial charge is 0.490 e. The van der Waals surface area contributed by atoms with Gasteiger partial charge in [-0.05, 0) is 12.1 Å². The Morgan fingerprint density at radius 2 is 1.93 bits per heavy atom. The lowest BCUT2D eigenvalue weighted by atomic mass is 10.1. The number of para-hydroxylation sites is 1. The van der Waals surface area contributed by atoms with E-state index in [-0.39, 0.29) is 18.2 Å². The van der Waals surface area contributed by atoms with Crippen LogP contribution in [0.15, 0.2) is 41.5 Å². The van der Waals surface area contributed by atoms with Crippen LogP contribution >= 0.6 is 0 Å². The minimum Gasteiger partial charge on any atom is -0.490 e. The number of hydrogen-bond acceptors (Lipinski definition) is 3. The van der Waals surface area contributed by atoms with E-state index >= 15 is 0 Å². The molecule has 0 radical (unpaired) electrons. The molecule has 1 N–H and O–H groups in total. The Balaban J connectivity index is 1.54. The van der Waals surface area contributed by atoms with Crippen molar-refractivity contribution in [3.8, 4) is 5.75 Å². The first kappa shape index (κ1) is 20.0. The molecule has 0 saturated carbocycles. The van der Waals surface area contributed by atoms with Crippen LogP contribution in [0.1, 0.15) is 24.1 Å². The minimum absolute atomic E-state index is 0.00972. The summed E-state index contributed by atoms with van der Waals surface area (Å²) >= 11 is 0. The maximum absolute atomic E-state index is 13.1. The SMILES string of the molecule is CN=C(NCc1cn(C)nc1C(F)(F)F)N1CCC(Oc2ccccc2)CC1. The molecule has 3 rings (SSSR count). The normalized spacial score (nSPS) is 16.3. The van der Waals surface area contributed by atoms with Crippen molar-refractivity contribution < 1.29 is 17.9 Å². The zero-order valence-electron chi connectivity index (χ0n) is 15.9. The molecule has 0 atom stereocenters. The van der Waals surface area contributed by atoms with E-state index in [1.165, 1.54) is 17.9 Å². The van der Waals surface area contributed by atoms with Gasteiger partial charge in [0.2, 0.25) is 0 Å². The third-order valence-electron chi connectivity index (χ3n) is 4.61. The highest BCUT2D eigenvalue weighted by atomic mass is 19.4. The zero-order valence-corrected chi connectivity index (χ0v) is 15.9. The minimum atomic E-state index is -4.48. The van der Waals surface area contributed by atoms with Crippen LogP contribution in [0.2, 0.25) is 0 Å². The molecule has 6 nitrogen and oxygen atoms in total. The number of nitrogens with one attached hydrogen (secondary N) is 1. The fraction of sp³-hybridized carbons (Fsp3) is 0.474. The van der Waals surface area contributed by atoms with E-state index in [1.54, 1.807) is 7.05 Å². The molecule has 0 spiro atoms. The van der Waals surface area contributed by atoms with Gasteiger partial charge in [0.15, 0.2) is 11.7 Å². The third-order valence-corrected chi connectivity index (χ3v) is 4.61. The number of halogens is 3. The zero-order chi connectivity index (χ0) is 20.1. The quantitative estimate of drug-likeness (QED) is 0.639. The number of aliphatic imine (C=N–C) groups is 1. The van der Waals surface area contributed by atoms with Gasteiger partial charge in [-0.15, -0.1) is 0 Å². The van der Waals surface area contributed by atoms with E-state index in [0.717, 1.165) is 31.7 Å². The molecule has 0 amide bonds. The van der Waals surface area contributed by atoms with Gasteiger partial charge in [-0.1, -0.05) is 18.2 Å². The Bertz CT molecular complexity index is 796. The van der Waals surface area contributed by atoms with Gasteiger partial charge in [0.25, 0.3) is 0 Å². The Hall–Kier alpha value is -2.71. The van der Waals surface area contributed by atoms with Gasteiger partial charge in [-0.3, -0.25) is 9.67 Å². The molecule has 0 unspecified atom stereocenters. The first-order valence-electron chi connectivity index (χ1n) is 9.14. The smallest absolute Gasteiger partial charge is 0.435 e. The lowest BCUT2D eigenvalue weighted by molar-refractivity contribution is -0.142. The molecular weight excluding hydrogens is 371 g/mol. The van der Waals surface area contributed by atoms with Crippen molar-refractivity contribution in [2.45, 2.75) is 31.7 Å². The second kappa shape index (κ2) is 8.53. The van der Waals surface area contributed by atoms with Crippen LogP contribution in [0, 0.1) is 0 Å². The second-order valence-corrected chi connectivity index (χ2v) is 6.69. The molecule has 1 fully saturated rings. The number of hydrogen-bond donors (Lipinski definition) is 1. The lowest BCUT2D eigenvalue weighted by Crippen LogP contribution is -2.47. The molecule has 28 heavy (non-hydrogen) atoms. The Morgan fingerprint density at radius 3 is 2.54 bits per heavy atom. The van der Waals surface area contributed by atoms with Crippen LogP contribution in [-0.2, 0) is 19.8 Å². The number of ether oxygens (including phenoxy) is 1. The van der Waals surface area contributed by atoms with E-state index in [9.17, 15) is 13.2 Å². The van der Waals surface area contributed by atoms with Crippen molar-refractivity contribution in [3.05, 3.63) is 47.8 Å². The molecule has 0 bridgehead atoms. The number of aryl methyl sites for hydroxylation is 1. The summed E-state index contributed by atoms with van der Waals surface area (Å²) in [6.07, 6.45) is -1.35. The molecule has 2 heterocycles. The molecule has 0 aliphatic carbocycles. The predicted octanol–water partition coefficient (Wildman–Crippen LogP) is 3.06. The third kappa shape index (κ3) is 4.96. The first-order valence-corrected chi connectivity index (χ1v) is 9.14. The standard InChI is InChI=1S/C19H24F3N5O/c1-23-18(24-12-14-13-26(2)25-17(14)19(20,21)22)27-10-8-16(9-11-27)28-15-6-4-3-5-7-15/h3-7,13,16H,8-12H2,1-2H3,(H,23,24). The van der Waals surface area contributed by atoms with Gasteiger partial charge in [0.1, 0.15) is 11.9 Å². The summed E-state index contributed by atoms with van der Waals surface area (Å²) in [5, 5.41) is 6.56. The first-order chi connectivity index (χ1) is 13.4. The summed E-state index contributed by atoms with van der Waals surface area (Å²) in [7, 11) is 3.11. The number of nitrogens with zero attached hydrogens (tertiary/aromatic N) is 4. The number of guanidine groups is 1. The molecule has 2 aromatic rings. The lowest BCUT2D eigenvalue weighted by Gasteiger charge is -2.34. The molecular formula is C19H24F3N5O. The number of alkyl halides is 3.